The van der Waals surface area contributed by atoms with Crippen molar-refractivity contribution in [3.63, 3.8) is 0 Å². The minimum atomic E-state index is 0.340. The molecule has 7 nitrogen and oxygen atoms in total. The molecule has 2 fully saturated rings. The van der Waals surface area contributed by atoms with Gasteiger partial charge in [0.2, 0.25) is 11.9 Å². The van der Waals surface area contributed by atoms with Gasteiger partial charge in [0.15, 0.2) is 0 Å². The van der Waals surface area contributed by atoms with Crippen LogP contribution in [0.4, 0.5) is 17.7 Å². The minimum Gasteiger partial charge on any atom is -0.370 e. The molecule has 3 N–H and O–H groups in total. The molecule has 1 saturated carbocycles. The Bertz CT molecular complexity index is 729. The molecule has 2 aromatic rings. The lowest BCUT2D eigenvalue weighted by Gasteiger charge is -2.17. The van der Waals surface area contributed by atoms with Crippen molar-refractivity contribution in [2.45, 2.75) is 32.1 Å². The monoisotopic (exact) mass is 325 g/mol. The molecular weight excluding hydrogens is 302 g/mol. The van der Waals surface area contributed by atoms with Gasteiger partial charge in [-0.05, 0) is 49.8 Å². The summed E-state index contributed by atoms with van der Waals surface area (Å²) in [5, 5.41) is 3.43. The van der Waals surface area contributed by atoms with E-state index in [1.54, 1.807) is 0 Å². The van der Waals surface area contributed by atoms with Crippen LogP contribution in [0.15, 0.2) is 18.3 Å². The second kappa shape index (κ2) is 6.22. The van der Waals surface area contributed by atoms with E-state index in [1.807, 2.05) is 12.3 Å². The van der Waals surface area contributed by atoms with Crippen LogP contribution in [0.3, 0.4) is 0 Å². The zero-order chi connectivity index (χ0) is 16.5. The van der Waals surface area contributed by atoms with Crippen molar-refractivity contribution in [2.24, 2.45) is 5.92 Å². The number of hydrogen-bond acceptors (Lipinski definition) is 7. The zero-order valence-electron chi connectivity index (χ0n) is 13.9. The van der Waals surface area contributed by atoms with Crippen molar-refractivity contribution in [1.29, 1.82) is 0 Å². The molecule has 2 aliphatic rings. The second-order valence-electron chi connectivity index (χ2n) is 6.83. The Balaban J connectivity index is 1.38. The molecule has 1 atom stereocenters. The van der Waals surface area contributed by atoms with Crippen LogP contribution >= 0.6 is 0 Å². The van der Waals surface area contributed by atoms with Gasteiger partial charge in [-0.15, -0.1) is 0 Å². The average molecular weight is 325 g/mol. The first kappa shape index (κ1) is 15.1. The summed E-state index contributed by atoms with van der Waals surface area (Å²) in [7, 11) is 0. The predicted molar refractivity (Wildman–Crippen MR) is 94.0 cm³/mol. The molecule has 2 aromatic heterocycles. The van der Waals surface area contributed by atoms with E-state index in [0.717, 1.165) is 43.6 Å². The second-order valence-corrected chi connectivity index (χ2v) is 6.83. The lowest BCUT2D eigenvalue weighted by atomic mass is 10.1. The zero-order valence-corrected chi connectivity index (χ0v) is 13.9. The van der Waals surface area contributed by atoms with Gasteiger partial charge in [0.1, 0.15) is 11.6 Å². The first-order valence-electron chi connectivity index (χ1n) is 8.60. The van der Waals surface area contributed by atoms with Gasteiger partial charge in [-0.2, -0.15) is 15.0 Å². The van der Waals surface area contributed by atoms with Gasteiger partial charge < -0.3 is 16.0 Å². The number of rotatable bonds is 5. The topological polar surface area (TPSA) is 92.9 Å². The van der Waals surface area contributed by atoms with Gasteiger partial charge >= 0.3 is 0 Å². The fourth-order valence-corrected chi connectivity index (χ4v) is 3.13. The summed E-state index contributed by atoms with van der Waals surface area (Å²) in [5.41, 5.74) is 7.08. The molecule has 24 heavy (non-hydrogen) atoms. The van der Waals surface area contributed by atoms with E-state index in [1.165, 1.54) is 18.4 Å². The maximum atomic E-state index is 5.87. The van der Waals surface area contributed by atoms with Crippen LogP contribution in [-0.2, 0) is 0 Å². The minimum absolute atomic E-state index is 0.340. The van der Waals surface area contributed by atoms with E-state index in [9.17, 15) is 0 Å². The van der Waals surface area contributed by atoms with Gasteiger partial charge in [0.25, 0.3) is 0 Å². The van der Waals surface area contributed by atoms with E-state index in [-0.39, 0.29) is 0 Å². The summed E-state index contributed by atoms with van der Waals surface area (Å²) in [5.74, 6) is 3.92. The Morgan fingerprint density at radius 1 is 1.25 bits per heavy atom. The maximum Gasteiger partial charge on any atom is 0.230 e. The fraction of sp³-hybridized carbons (Fsp3) is 0.529. The van der Waals surface area contributed by atoms with Crippen molar-refractivity contribution in [2.75, 3.05) is 35.6 Å². The Labute approximate surface area is 141 Å². The Morgan fingerprint density at radius 2 is 2.12 bits per heavy atom. The summed E-state index contributed by atoms with van der Waals surface area (Å²) in [6.07, 6.45) is 5.28. The fourth-order valence-electron chi connectivity index (χ4n) is 3.13. The highest BCUT2D eigenvalue weighted by Gasteiger charge is 2.30. The van der Waals surface area contributed by atoms with Gasteiger partial charge in [0.05, 0.1) is 0 Å². The number of nitrogens with one attached hydrogen (secondary N) is 1. The standard InChI is InChI=1S/C17H23N7/c1-11-4-6-19-14(8-11)20-9-12-5-7-24(10-12)17-22-15(13-2-3-13)21-16(18)23-17/h4,6,8,12-13H,2-3,5,7,9-10H2,1H3,(H,19,20)(H2,18,21,22,23). The number of nitrogen functional groups attached to an aromatic ring is 1. The molecule has 0 aromatic carbocycles. The molecule has 126 valence electrons. The molecule has 0 amide bonds. The van der Waals surface area contributed by atoms with Crippen LogP contribution in [0.1, 0.15) is 36.6 Å². The van der Waals surface area contributed by atoms with Gasteiger partial charge in [-0.25, -0.2) is 4.98 Å². The third-order valence-corrected chi connectivity index (χ3v) is 4.66. The number of aryl methyl sites for hydroxylation is 1. The number of nitrogens with zero attached hydrogens (tertiary/aromatic N) is 5. The van der Waals surface area contributed by atoms with E-state index in [2.05, 4.69) is 43.1 Å². The lowest BCUT2D eigenvalue weighted by molar-refractivity contribution is 0.620. The van der Waals surface area contributed by atoms with Crippen LogP contribution in [0.25, 0.3) is 0 Å². The maximum absolute atomic E-state index is 5.87. The van der Waals surface area contributed by atoms with E-state index >= 15 is 0 Å². The van der Waals surface area contributed by atoms with Gasteiger partial charge in [-0.3, -0.25) is 0 Å². The molecule has 0 bridgehead atoms. The highest BCUT2D eigenvalue weighted by molar-refractivity contribution is 5.39. The highest BCUT2D eigenvalue weighted by atomic mass is 15.3. The molecule has 0 radical (unpaired) electrons. The quantitative estimate of drug-likeness (QED) is 0.868. The van der Waals surface area contributed by atoms with Crippen LogP contribution in [-0.4, -0.2) is 39.6 Å². The molecule has 4 rings (SSSR count). The predicted octanol–water partition coefficient (Wildman–Crippen LogP) is 1.97. The Kier molecular flexibility index (Phi) is 3.92. The Hall–Kier alpha value is -2.44. The van der Waals surface area contributed by atoms with Crippen molar-refractivity contribution < 1.29 is 0 Å². The molecule has 0 spiro atoms. The summed E-state index contributed by atoms with van der Waals surface area (Å²) < 4.78 is 0. The first-order valence-corrected chi connectivity index (χ1v) is 8.60. The number of hydrogen-bond donors (Lipinski definition) is 2. The largest absolute Gasteiger partial charge is 0.370 e. The molecule has 7 heteroatoms. The van der Waals surface area contributed by atoms with Crippen LogP contribution in [0.2, 0.25) is 0 Å². The van der Waals surface area contributed by atoms with Gasteiger partial charge in [0, 0.05) is 31.7 Å². The molecule has 1 saturated heterocycles. The number of aromatic nitrogens is 4. The molecule has 1 unspecified atom stereocenters. The molecular formula is C17H23N7. The van der Waals surface area contributed by atoms with Crippen LogP contribution in [0, 0.1) is 12.8 Å². The van der Waals surface area contributed by atoms with Crippen LogP contribution in [0.5, 0.6) is 0 Å². The smallest absolute Gasteiger partial charge is 0.230 e. The number of nitrogens with two attached hydrogens (primary N) is 1. The van der Waals surface area contributed by atoms with E-state index in [0.29, 0.717) is 17.8 Å². The van der Waals surface area contributed by atoms with E-state index < -0.39 is 0 Å². The van der Waals surface area contributed by atoms with Crippen molar-refractivity contribution in [3.05, 3.63) is 29.7 Å². The molecule has 3 heterocycles. The van der Waals surface area contributed by atoms with Gasteiger partial charge in [-0.1, -0.05) is 0 Å². The van der Waals surface area contributed by atoms with Crippen molar-refractivity contribution in [3.8, 4) is 0 Å². The summed E-state index contributed by atoms with van der Waals surface area (Å²) >= 11 is 0. The van der Waals surface area contributed by atoms with Crippen molar-refractivity contribution >= 4 is 17.7 Å². The van der Waals surface area contributed by atoms with Crippen molar-refractivity contribution in [1.82, 2.24) is 19.9 Å². The highest BCUT2D eigenvalue weighted by Crippen LogP contribution is 2.38. The Morgan fingerprint density at radius 3 is 2.92 bits per heavy atom. The van der Waals surface area contributed by atoms with E-state index in [4.69, 9.17) is 5.73 Å². The molecule has 1 aliphatic carbocycles. The summed E-state index contributed by atoms with van der Waals surface area (Å²) in [4.78, 5) is 19.8. The third-order valence-electron chi connectivity index (χ3n) is 4.66. The summed E-state index contributed by atoms with van der Waals surface area (Å²) in [6, 6.07) is 4.08. The molecule has 1 aliphatic heterocycles. The SMILES string of the molecule is Cc1ccnc(NCC2CCN(c3nc(N)nc(C4CC4)n3)C2)c1. The summed E-state index contributed by atoms with van der Waals surface area (Å²) in [6.45, 7) is 4.88. The number of anilines is 3. The lowest BCUT2D eigenvalue weighted by Crippen LogP contribution is -2.25. The third kappa shape index (κ3) is 3.39. The van der Waals surface area contributed by atoms with Crippen LogP contribution < -0.4 is 16.0 Å². The number of pyridine rings is 1. The first-order chi connectivity index (χ1) is 11.7. The normalized spacial score (nSPS) is 20.4. The average Bonchev–Trinajstić information content (AvgIpc) is 3.31.